The fraction of sp³-hybridized carbons (Fsp3) is 0. The van der Waals surface area contributed by atoms with Crippen LogP contribution in [0.4, 0.5) is 5.82 Å². The maximum absolute atomic E-state index is 11.0. The van der Waals surface area contributed by atoms with Gasteiger partial charge in [-0.05, 0) is 12.1 Å². The summed E-state index contributed by atoms with van der Waals surface area (Å²) in [5.74, 6) is 0.566. The van der Waals surface area contributed by atoms with Gasteiger partial charge >= 0.3 is 0 Å². The van der Waals surface area contributed by atoms with Crippen LogP contribution in [0.15, 0.2) is 66.0 Å². The molecule has 2 aromatic heterocycles. The van der Waals surface area contributed by atoms with Gasteiger partial charge < -0.3 is 5.32 Å². The Bertz CT molecular complexity index is 1040. The molecule has 0 aliphatic carbocycles. The Hall–Kier alpha value is -2.96. The number of carbonyl (C=O) groups excluding carboxylic acids is 1. The molecule has 2 heterocycles. The van der Waals surface area contributed by atoms with Crippen LogP contribution in [0.25, 0.3) is 27.6 Å². The first-order chi connectivity index (χ1) is 12.7. The van der Waals surface area contributed by atoms with Gasteiger partial charge in [0.15, 0.2) is 0 Å². The van der Waals surface area contributed by atoms with E-state index in [2.05, 4.69) is 15.4 Å². The lowest BCUT2D eigenvalue weighted by Gasteiger charge is -2.01. The average molecular weight is 381 g/mol. The van der Waals surface area contributed by atoms with Crippen molar-refractivity contribution in [1.82, 2.24) is 14.8 Å². The third-order valence-electron chi connectivity index (χ3n) is 3.80. The Morgan fingerprint density at radius 1 is 1.00 bits per heavy atom. The van der Waals surface area contributed by atoms with Gasteiger partial charge in [-0.3, -0.25) is 4.79 Å². The molecular formula is C19H13ClN4OS. The molecule has 5 nitrogen and oxygen atoms in total. The summed E-state index contributed by atoms with van der Waals surface area (Å²) in [6, 6.07) is 19.1. The van der Waals surface area contributed by atoms with Crippen molar-refractivity contribution in [3.05, 3.63) is 71.1 Å². The van der Waals surface area contributed by atoms with Crippen molar-refractivity contribution >= 4 is 35.2 Å². The van der Waals surface area contributed by atoms with Gasteiger partial charge in [0, 0.05) is 27.6 Å². The normalized spacial score (nSPS) is 10.7. The highest BCUT2D eigenvalue weighted by Crippen LogP contribution is 2.29. The second-order valence-electron chi connectivity index (χ2n) is 5.48. The van der Waals surface area contributed by atoms with Crippen molar-refractivity contribution in [2.45, 2.75) is 0 Å². The molecule has 0 radical (unpaired) electrons. The van der Waals surface area contributed by atoms with E-state index in [1.807, 2.05) is 66.0 Å². The molecule has 2 aromatic carbocycles. The van der Waals surface area contributed by atoms with E-state index in [-0.39, 0.29) is 0 Å². The first-order valence-electron chi connectivity index (χ1n) is 7.82. The summed E-state index contributed by atoms with van der Waals surface area (Å²) in [6.45, 7) is 0. The van der Waals surface area contributed by atoms with Gasteiger partial charge in [0.05, 0.1) is 11.4 Å². The number of nitrogens with one attached hydrogen (secondary N) is 1. The Morgan fingerprint density at radius 3 is 2.46 bits per heavy atom. The van der Waals surface area contributed by atoms with E-state index in [1.165, 1.54) is 11.3 Å². The Morgan fingerprint density at radius 2 is 1.73 bits per heavy atom. The lowest BCUT2D eigenvalue weighted by atomic mass is 10.2. The number of anilines is 1. The molecule has 0 spiro atoms. The second kappa shape index (κ2) is 7.11. The zero-order valence-corrected chi connectivity index (χ0v) is 15.0. The average Bonchev–Trinajstić information content (AvgIpc) is 3.31. The molecule has 4 rings (SSSR count). The summed E-state index contributed by atoms with van der Waals surface area (Å²) < 4.78 is 1.64. The maximum atomic E-state index is 11.0. The zero-order chi connectivity index (χ0) is 17.9. The predicted molar refractivity (Wildman–Crippen MR) is 105 cm³/mol. The minimum Gasteiger partial charge on any atom is -0.313 e. The summed E-state index contributed by atoms with van der Waals surface area (Å²) in [6.07, 6.45) is 0.635. The minimum atomic E-state index is 0.566. The van der Waals surface area contributed by atoms with Crippen LogP contribution in [0.1, 0.15) is 0 Å². The Labute approximate surface area is 158 Å². The van der Waals surface area contributed by atoms with E-state index in [9.17, 15) is 4.79 Å². The van der Waals surface area contributed by atoms with Crippen molar-refractivity contribution in [2.24, 2.45) is 0 Å². The molecule has 0 aliphatic rings. The van der Waals surface area contributed by atoms with Crippen molar-refractivity contribution in [1.29, 1.82) is 0 Å². The third-order valence-corrected chi connectivity index (χ3v) is 4.87. The summed E-state index contributed by atoms with van der Waals surface area (Å²) >= 11 is 7.39. The first kappa shape index (κ1) is 16.5. The molecule has 7 heteroatoms. The molecule has 4 aromatic rings. The molecule has 0 saturated carbocycles. The molecule has 0 fully saturated rings. The number of benzene rings is 2. The summed E-state index contributed by atoms with van der Waals surface area (Å²) in [7, 11) is 0. The first-order valence-corrected chi connectivity index (χ1v) is 9.08. The number of thiazole rings is 1. The van der Waals surface area contributed by atoms with Crippen molar-refractivity contribution in [3.63, 3.8) is 0 Å². The number of nitrogens with zero attached hydrogens (tertiary/aromatic N) is 3. The molecule has 0 saturated heterocycles. The SMILES string of the molecule is O=CNc1cc(-c2ccccc2)nn1-c1nc(-c2ccc(Cl)cc2)cs1. The highest BCUT2D eigenvalue weighted by atomic mass is 35.5. The number of amides is 1. The number of hydrogen-bond acceptors (Lipinski definition) is 4. The van der Waals surface area contributed by atoms with E-state index >= 15 is 0 Å². The molecule has 0 bridgehead atoms. The van der Waals surface area contributed by atoms with E-state index in [0.717, 1.165) is 22.5 Å². The topological polar surface area (TPSA) is 59.8 Å². The summed E-state index contributed by atoms with van der Waals surface area (Å²) in [5, 5.41) is 10.6. The van der Waals surface area contributed by atoms with Crippen LogP contribution in [0.2, 0.25) is 5.02 Å². The molecule has 1 amide bonds. The third kappa shape index (κ3) is 3.24. The fourth-order valence-corrected chi connectivity index (χ4v) is 3.48. The summed E-state index contributed by atoms with van der Waals surface area (Å²) in [4.78, 5) is 15.6. The van der Waals surface area contributed by atoms with Crippen molar-refractivity contribution < 1.29 is 4.79 Å². The number of rotatable bonds is 5. The molecule has 0 unspecified atom stereocenters. The van der Waals surface area contributed by atoms with Crippen LogP contribution in [-0.4, -0.2) is 21.2 Å². The van der Waals surface area contributed by atoms with Crippen LogP contribution in [0.3, 0.4) is 0 Å². The van der Waals surface area contributed by atoms with Crippen LogP contribution < -0.4 is 5.32 Å². The number of carbonyl (C=O) groups is 1. The number of hydrogen-bond donors (Lipinski definition) is 1. The van der Waals surface area contributed by atoms with Crippen LogP contribution in [0, 0.1) is 0 Å². The molecule has 0 aliphatic heterocycles. The molecule has 26 heavy (non-hydrogen) atoms. The van der Waals surface area contributed by atoms with Gasteiger partial charge in [0.25, 0.3) is 0 Å². The van der Waals surface area contributed by atoms with Crippen LogP contribution in [-0.2, 0) is 4.79 Å². The monoisotopic (exact) mass is 380 g/mol. The van der Waals surface area contributed by atoms with E-state index in [1.54, 1.807) is 4.68 Å². The largest absolute Gasteiger partial charge is 0.313 e. The fourth-order valence-electron chi connectivity index (χ4n) is 2.55. The van der Waals surface area contributed by atoms with Gasteiger partial charge in [-0.25, -0.2) is 4.98 Å². The maximum Gasteiger partial charge on any atom is 0.212 e. The quantitative estimate of drug-likeness (QED) is 0.502. The van der Waals surface area contributed by atoms with Crippen molar-refractivity contribution in [2.75, 3.05) is 5.32 Å². The molecule has 0 atom stereocenters. The lowest BCUT2D eigenvalue weighted by molar-refractivity contribution is -0.105. The number of aromatic nitrogens is 3. The summed E-state index contributed by atoms with van der Waals surface area (Å²) in [5.41, 5.74) is 3.53. The van der Waals surface area contributed by atoms with E-state index in [4.69, 9.17) is 11.6 Å². The molecule has 1 N–H and O–H groups in total. The van der Waals surface area contributed by atoms with Crippen LogP contribution >= 0.6 is 22.9 Å². The van der Waals surface area contributed by atoms with E-state index < -0.39 is 0 Å². The highest BCUT2D eigenvalue weighted by Gasteiger charge is 2.14. The van der Waals surface area contributed by atoms with Crippen LogP contribution in [0.5, 0.6) is 0 Å². The smallest absolute Gasteiger partial charge is 0.212 e. The van der Waals surface area contributed by atoms with Gasteiger partial charge in [-0.15, -0.1) is 11.3 Å². The Kier molecular flexibility index (Phi) is 4.51. The standard InChI is InChI=1S/C19H13ClN4OS/c20-15-8-6-14(7-9-15)17-11-26-19(22-17)24-18(21-12-25)10-16(23-24)13-4-2-1-3-5-13/h1-12H,(H,21,25). The predicted octanol–water partition coefficient (Wildman–Crippen LogP) is 4.88. The second-order valence-corrected chi connectivity index (χ2v) is 6.75. The number of halogens is 1. The minimum absolute atomic E-state index is 0.566. The van der Waals surface area contributed by atoms with Crippen molar-refractivity contribution in [3.8, 4) is 27.6 Å². The van der Waals surface area contributed by atoms with E-state index in [0.29, 0.717) is 22.4 Å². The molecule has 128 valence electrons. The van der Waals surface area contributed by atoms with Gasteiger partial charge in [0.1, 0.15) is 5.82 Å². The van der Waals surface area contributed by atoms with Gasteiger partial charge in [-0.2, -0.15) is 9.78 Å². The highest BCUT2D eigenvalue weighted by molar-refractivity contribution is 7.12. The zero-order valence-electron chi connectivity index (χ0n) is 13.5. The Balaban J connectivity index is 1.74. The van der Waals surface area contributed by atoms with Gasteiger partial charge in [0.2, 0.25) is 11.5 Å². The molecular weight excluding hydrogens is 368 g/mol. The lowest BCUT2D eigenvalue weighted by Crippen LogP contribution is -2.04. The van der Waals surface area contributed by atoms with Gasteiger partial charge in [-0.1, -0.05) is 54.1 Å².